The van der Waals surface area contributed by atoms with E-state index in [0.717, 1.165) is 51.6 Å². The van der Waals surface area contributed by atoms with Crippen LogP contribution in [0.15, 0.2) is 24.3 Å². The van der Waals surface area contributed by atoms with Crippen molar-refractivity contribution in [3.05, 3.63) is 29.8 Å². The number of piperidine rings is 1. The van der Waals surface area contributed by atoms with Crippen LogP contribution in [0.2, 0.25) is 0 Å². The first-order chi connectivity index (χ1) is 11.7. The molecular formula is C18H27N3O3. The summed E-state index contributed by atoms with van der Waals surface area (Å²) < 4.78 is 10.9. The van der Waals surface area contributed by atoms with Crippen molar-refractivity contribution in [3.63, 3.8) is 0 Å². The summed E-state index contributed by atoms with van der Waals surface area (Å²) in [4.78, 5) is 15.0. The van der Waals surface area contributed by atoms with Gasteiger partial charge in [-0.25, -0.2) is 0 Å². The second kappa shape index (κ2) is 8.07. The number of rotatable bonds is 5. The van der Waals surface area contributed by atoms with E-state index in [4.69, 9.17) is 9.47 Å². The highest BCUT2D eigenvalue weighted by atomic mass is 16.5. The maximum atomic E-state index is 12.6. The molecule has 2 saturated heterocycles. The summed E-state index contributed by atoms with van der Waals surface area (Å²) in [5.41, 5.74) is 1.36. The van der Waals surface area contributed by atoms with Crippen molar-refractivity contribution in [3.8, 4) is 0 Å². The number of nitrogens with zero attached hydrogens (tertiary/aromatic N) is 1. The Morgan fingerprint density at radius 3 is 2.54 bits per heavy atom. The van der Waals surface area contributed by atoms with Gasteiger partial charge >= 0.3 is 0 Å². The van der Waals surface area contributed by atoms with E-state index in [9.17, 15) is 4.79 Å². The number of anilines is 1. The fraction of sp³-hybridized carbons (Fsp3) is 0.611. The third-order valence-electron chi connectivity index (χ3n) is 4.94. The Kier molecular flexibility index (Phi) is 5.84. The van der Waals surface area contributed by atoms with Crippen LogP contribution in [0.4, 0.5) is 5.69 Å². The monoisotopic (exact) mass is 333 g/mol. The first-order valence-corrected chi connectivity index (χ1v) is 8.68. The van der Waals surface area contributed by atoms with Gasteiger partial charge in [-0.15, -0.1) is 0 Å². The lowest BCUT2D eigenvalue weighted by atomic mass is 9.91. The molecule has 1 aromatic carbocycles. The van der Waals surface area contributed by atoms with Crippen LogP contribution >= 0.6 is 0 Å². The first kappa shape index (κ1) is 17.4. The van der Waals surface area contributed by atoms with Crippen molar-refractivity contribution >= 4 is 11.6 Å². The number of methoxy groups -OCH3 is 1. The van der Waals surface area contributed by atoms with Crippen LogP contribution in [-0.4, -0.2) is 62.9 Å². The van der Waals surface area contributed by atoms with Crippen LogP contribution in [0.5, 0.6) is 0 Å². The molecule has 0 radical (unpaired) electrons. The minimum absolute atomic E-state index is 0.0487. The van der Waals surface area contributed by atoms with Gasteiger partial charge in [0.1, 0.15) is 5.60 Å². The van der Waals surface area contributed by atoms with E-state index in [1.54, 1.807) is 7.11 Å². The van der Waals surface area contributed by atoms with Crippen molar-refractivity contribution in [2.24, 2.45) is 0 Å². The maximum Gasteiger partial charge on any atom is 0.256 e. The third kappa shape index (κ3) is 4.13. The molecule has 2 aliphatic rings. The van der Waals surface area contributed by atoms with Gasteiger partial charge in [0.25, 0.3) is 5.91 Å². The van der Waals surface area contributed by atoms with Gasteiger partial charge in [-0.2, -0.15) is 0 Å². The van der Waals surface area contributed by atoms with E-state index in [-0.39, 0.29) is 5.91 Å². The Morgan fingerprint density at radius 2 is 1.92 bits per heavy atom. The van der Waals surface area contributed by atoms with Crippen molar-refractivity contribution in [2.75, 3.05) is 51.8 Å². The minimum atomic E-state index is -0.711. The average molecular weight is 333 g/mol. The molecule has 0 spiro atoms. The Labute approximate surface area is 143 Å². The van der Waals surface area contributed by atoms with Gasteiger partial charge in [-0.3, -0.25) is 9.69 Å². The molecule has 2 N–H and O–H groups in total. The molecule has 3 rings (SSSR count). The normalized spacial score (nSPS) is 21.4. The van der Waals surface area contributed by atoms with E-state index < -0.39 is 5.60 Å². The highest BCUT2D eigenvalue weighted by Crippen LogP contribution is 2.24. The standard InChI is InChI=1S/C18H27N3O3/c1-23-18(6-8-19-9-7-18)17(22)20-16-4-2-15(3-5-16)14-21-10-12-24-13-11-21/h2-5,19H,6-14H2,1H3,(H,20,22). The van der Waals surface area contributed by atoms with Gasteiger partial charge in [0, 0.05) is 32.4 Å². The van der Waals surface area contributed by atoms with Crippen molar-refractivity contribution < 1.29 is 14.3 Å². The second-order valence-electron chi connectivity index (χ2n) is 6.49. The number of morpholine rings is 1. The van der Waals surface area contributed by atoms with Crippen LogP contribution in [0, 0.1) is 0 Å². The topological polar surface area (TPSA) is 62.8 Å². The zero-order valence-electron chi connectivity index (χ0n) is 14.3. The fourth-order valence-corrected chi connectivity index (χ4v) is 3.31. The summed E-state index contributed by atoms with van der Waals surface area (Å²) in [5.74, 6) is -0.0487. The van der Waals surface area contributed by atoms with Crippen LogP contribution in [0.25, 0.3) is 0 Å². The summed E-state index contributed by atoms with van der Waals surface area (Å²) >= 11 is 0. The lowest BCUT2D eigenvalue weighted by Gasteiger charge is -2.34. The van der Waals surface area contributed by atoms with Crippen molar-refractivity contribution in [1.29, 1.82) is 0 Å². The van der Waals surface area contributed by atoms with Crippen molar-refractivity contribution in [1.82, 2.24) is 10.2 Å². The predicted molar refractivity (Wildman–Crippen MR) is 93.0 cm³/mol. The molecule has 1 amide bonds. The summed E-state index contributed by atoms with van der Waals surface area (Å²) in [6, 6.07) is 8.09. The average Bonchev–Trinajstić information content (AvgIpc) is 2.64. The third-order valence-corrected chi connectivity index (χ3v) is 4.94. The number of amides is 1. The number of carbonyl (C=O) groups is 1. The number of hydrogen-bond acceptors (Lipinski definition) is 5. The number of benzene rings is 1. The second-order valence-corrected chi connectivity index (χ2v) is 6.49. The highest BCUT2D eigenvalue weighted by molar-refractivity contribution is 5.97. The Bertz CT molecular complexity index is 535. The molecule has 2 heterocycles. The molecule has 0 bridgehead atoms. The van der Waals surface area contributed by atoms with Gasteiger partial charge in [0.2, 0.25) is 0 Å². The van der Waals surface area contributed by atoms with E-state index in [0.29, 0.717) is 12.8 Å². The summed E-state index contributed by atoms with van der Waals surface area (Å²) in [7, 11) is 1.62. The predicted octanol–water partition coefficient (Wildman–Crippen LogP) is 1.23. The molecular weight excluding hydrogens is 306 g/mol. The van der Waals surface area contributed by atoms with Gasteiger partial charge in [-0.1, -0.05) is 12.1 Å². The molecule has 0 unspecified atom stereocenters. The number of hydrogen-bond donors (Lipinski definition) is 2. The Morgan fingerprint density at radius 1 is 1.25 bits per heavy atom. The van der Waals surface area contributed by atoms with Gasteiger partial charge in [0.15, 0.2) is 0 Å². The molecule has 24 heavy (non-hydrogen) atoms. The maximum absolute atomic E-state index is 12.6. The molecule has 132 valence electrons. The fourth-order valence-electron chi connectivity index (χ4n) is 3.31. The number of carbonyl (C=O) groups excluding carboxylic acids is 1. The summed E-state index contributed by atoms with van der Waals surface area (Å²) in [6.07, 6.45) is 1.40. The minimum Gasteiger partial charge on any atom is -0.379 e. The number of ether oxygens (including phenoxy) is 2. The molecule has 0 aromatic heterocycles. The Balaban J connectivity index is 1.57. The lowest BCUT2D eigenvalue weighted by Crippen LogP contribution is -2.51. The van der Waals surface area contributed by atoms with E-state index in [1.165, 1.54) is 5.56 Å². The van der Waals surface area contributed by atoms with E-state index >= 15 is 0 Å². The van der Waals surface area contributed by atoms with E-state index in [2.05, 4.69) is 27.7 Å². The SMILES string of the molecule is COC1(C(=O)Nc2ccc(CN3CCOCC3)cc2)CCNCC1. The largest absolute Gasteiger partial charge is 0.379 e. The molecule has 1 aromatic rings. The molecule has 0 saturated carbocycles. The smallest absolute Gasteiger partial charge is 0.256 e. The summed E-state index contributed by atoms with van der Waals surface area (Å²) in [6.45, 7) is 6.10. The zero-order valence-corrected chi connectivity index (χ0v) is 14.3. The molecule has 2 aliphatic heterocycles. The molecule has 0 atom stereocenters. The van der Waals surface area contributed by atoms with Crippen LogP contribution in [-0.2, 0) is 20.8 Å². The van der Waals surface area contributed by atoms with Crippen LogP contribution < -0.4 is 10.6 Å². The Hall–Kier alpha value is -1.47. The quantitative estimate of drug-likeness (QED) is 0.848. The van der Waals surface area contributed by atoms with Crippen LogP contribution in [0.1, 0.15) is 18.4 Å². The number of nitrogens with one attached hydrogen (secondary N) is 2. The van der Waals surface area contributed by atoms with Crippen LogP contribution in [0.3, 0.4) is 0 Å². The first-order valence-electron chi connectivity index (χ1n) is 8.68. The molecule has 0 aliphatic carbocycles. The van der Waals surface area contributed by atoms with Gasteiger partial charge in [-0.05, 0) is 43.6 Å². The van der Waals surface area contributed by atoms with Gasteiger partial charge < -0.3 is 20.1 Å². The van der Waals surface area contributed by atoms with E-state index in [1.807, 2.05) is 12.1 Å². The molecule has 6 nitrogen and oxygen atoms in total. The lowest BCUT2D eigenvalue weighted by molar-refractivity contribution is -0.140. The molecule has 6 heteroatoms. The zero-order chi connectivity index (χ0) is 16.8. The highest BCUT2D eigenvalue weighted by Gasteiger charge is 2.39. The summed E-state index contributed by atoms with van der Waals surface area (Å²) in [5, 5.41) is 6.27. The molecule has 2 fully saturated rings. The van der Waals surface area contributed by atoms with Crippen molar-refractivity contribution in [2.45, 2.75) is 25.0 Å². The van der Waals surface area contributed by atoms with Gasteiger partial charge in [0.05, 0.1) is 13.2 Å².